The molecule has 0 aromatic heterocycles. The quantitative estimate of drug-likeness (QED) is 0.771. The first-order valence-electron chi connectivity index (χ1n) is 8.87. The highest BCUT2D eigenvalue weighted by atomic mass is 35.5. The van der Waals surface area contributed by atoms with Crippen LogP contribution in [0.2, 0.25) is 0 Å². The number of hydrazine groups is 1. The molecule has 0 aromatic rings. The molecule has 4 nitrogen and oxygen atoms in total. The Balaban J connectivity index is 1.53. The van der Waals surface area contributed by atoms with Crippen molar-refractivity contribution in [2.24, 2.45) is 5.41 Å². The Labute approximate surface area is 144 Å². The molecule has 3 aliphatic heterocycles. The van der Waals surface area contributed by atoms with Gasteiger partial charge in [0.15, 0.2) is 0 Å². The number of nitrogens with one attached hydrogen (secondary N) is 2. The van der Waals surface area contributed by atoms with Gasteiger partial charge in [-0.1, -0.05) is 11.6 Å². The molecule has 0 unspecified atom stereocenters. The Morgan fingerprint density at radius 3 is 2.57 bits per heavy atom. The zero-order chi connectivity index (χ0) is 15.9. The smallest absolute Gasteiger partial charge is 0.0444 e. The average Bonchev–Trinajstić information content (AvgIpc) is 2.64. The highest BCUT2D eigenvalue weighted by Crippen LogP contribution is 2.41. The van der Waals surface area contributed by atoms with E-state index in [1.807, 2.05) is 0 Å². The van der Waals surface area contributed by atoms with Crippen LogP contribution in [-0.2, 0) is 0 Å². The molecule has 3 heterocycles. The fraction of sp³-hybridized carbons (Fsp3) is 0.667. The van der Waals surface area contributed by atoms with E-state index in [1.54, 1.807) is 0 Å². The van der Waals surface area contributed by atoms with Crippen LogP contribution in [0, 0.1) is 5.41 Å². The molecule has 126 valence electrons. The summed E-state index contributed by atoms with van der Waals surface area (Å²) >= 11 is 6.45. The highest BCUT2D eigenvalue weighted by molar-refractivity contribution is 6.31. The van der Waals surface area contributed by atoms with E-state index in [2.05, 4.69) is 39.9 Å². The second-order valence-corrected chi connectivity index (χ2v) is 8.01. The summed E-state index contributed by atoms with van der Waals surface area (Å²) in [5.41, 5.74) is 8.07. The van der Waals surface area contributed by atoms with E-state index in [4.69, 9.17) is 11.6 Å². The lowest BCUT2D eigenvalue weighted by molar-refractivity contribution is 0.0916. The van der Waals surface area contributed by atoms with E-state index in [0.717, 1.165) is 18.0 Å². The van der Waals surface area contributed by atoms with Gasteiger partial charge in [-0.05, 0) is 61.9 Å². The predicted octanol–water partition coefficient (Wildman–Crippen LogP) is 2.57. The number of halogens is 1. The number of allylic oxidation sites excluding steroid dienone is 4. The minimum atomic E-state index is 0.597. The number of hydrogen-bond acceptors (Lipinski definition) is 4. The van der Waals surface area contributed by atoms with Crippen LogP contribution < -0.4 is 10.7 Å². The maximum Gasteiger partial charge on any atom is 0.0444 e. The summed E-state index contributed by atoms with van der Waals surface area (Å²) in [5, 5.41) is 6.51. The van der Waals surface area contributed by atoms with Crippen molar-refractivity contribution in [3.63, 3.8) is 0 Å². The Bertz CT molecular complexity index is 562. The van der Waals surface area contributed by atoms with E-state index in [1.165, 1.54) is 68.8 Å². The first-order chi connectivity index (χ1) is 11.1. The van der Waals surface area contributed by atoms with Crippen LogP contribution in [0.1, 0.15) is 32.1 Å². The van der Waals surface area contributed by atoms with Gasteiger partial charge in [0.2, 0.25) is 0 Å². The molecule has 1 aliphatic carbocycles. The van der Waals surface area contributed by atoms with Crippen molar-refractivity contribution < 1.29 is 0 Å². The molecule has 3 saturated heterocycles. The monoisotopic (exact) mass is 334 g/mol. The third kappa shape index (κ3) is 3.17. The van der Waals surface area contributed by atoms with Crippen LogP contribution in [0.4, 0.5) is 0 Å². The largest absolute Gasteiger partial charge is 0.371 e. The molecule has 0 aromatic carbocycles. The lowest BCUT2D eigenvalue weighted by Gasteiger charge is -2.46. The zero-order valence-electron chi connectivity index (χ0n) is 14.0. The summed E-state index contributed by atoms with van der Waals surface area (Å²) in [6.07, 6.45) is 10.6. The van der Waals surface area contributed by atoms with Gasteiger partial charge >= 0.3 is 0 Å². The summed E-state index contributed by atoms with van der Waals surface area (Å²) in [6, 6.07) is 0. The Hall–Kier alpha value is -0.970. The standard InChI is InChI=1S/C18H27ClN4/c1-22-13-14-10-16(21-22)11-15(19)12-17(14)23-8-4-18(5-9-23)2-6-20-7-3-18/h11-12,20-21H,2-10,13H2,1H3. The number of hydrogen-bond donors (Lipinski definition) is 2. The molecule has 5 heteroatoms. The molecule has 4 aliphatic rings. The topological polar surface area (TPSA) is 30.5 Å². The van der Waals surface area contributed by atoms with Gasteiger partial charge in [0, 0.05) is 49.5 Å². The predicted molar refractivity (Wildman–Crippen MR) is 94.8 cm³/mol. The van der Waals surface area contributed by atoms with Gasteiger partial charge in [0.1, 0.15) is 0 Å². The maximum atomic E-state index is 6.45. The molecule has 2 bridgehead atoms. The number of nitrogens with zero attached hydrogens (tertiary/aromatic N) is 2. The minimum Gasteiger partial charge on any atom is -0.371 e. The maximum absolute atomic E-state index is 6.45. The molecular formula is C18H27ClN4. The normalized spacial score (nSPS) is 28.2. The highest BCUT2D eigenvalue weighted by Gasteiger charge is 2.36. The second-order valence-electron chi connectivity index (χ2n) is 7.57. The van der Waals surface area contributed by atoms with E-state index in [-0.39, 0.29) is 0 Å². The van der Waals surface area contributed by atoms with Gasteiger partial charge in [-0.2, -0.15) is 0 Å². The van der Waals surface area contributed by atoms with Crippen molar-refractivity contribution in [1.82, 2.24) is 20.7 Å². The van der Waals surface area contributed by atoms with Crippen LogP contribution >= 0.6 is 11.6 Å². The van der Waals surface area contributed by atoms with Crippen molar-refractivity contribution in [1.29, 1.82) is 0 Å². The molecular weight excluding hydrogens is 308 g/mol. The van der Waals surface area contributed by atoms with Crippen LogP contribution in [0.25, 0.3) is 0 Å². The average molecular weight is 335 g/mol. The minimum absolute atomic E-state index is 0.597. The number of piperidine rings is 2. The Morgan fingerprint density at radius 1 is 1.09 bits per heavy atom. The lowest BCUT2D eigenvalue weighted by atomic mass is 9.71. The lowest BCUT2D eigenvalue weighted by Crippen LogP contribution is -2.46. The molecule has 3 fully saturated rings. The molecule has 0 amide bonds. The third-order valence-corrected chi connectivity index (χ3v) is 6.16. The fourth-order valence-electron chi connectivity index (χ4n) is 4.59. The molecule has 2 N–H and O–H groups in total. The van der Waals surface area contributed by atoms with Crippen LogP contribution in [0.5, 0.6) is 0 Å². The molecule has 4 rings (SSSR count). The van der Waals surface area contributed by atoms with Gasteiger partial charge < -0.3 is 15.6 Å². The van der Waals surface area contributed by atoms with Gasteiger partial charge in [-0.15, -0.1) is 0 Å². The summed E-state index contributed by atoms with van der Waals surface area (Å²) in [7, 11) is 2.10. The zero-order valence-corrected chi connectivity index (χ0v) is 14.8. The van der Waals surface area contributed by atoms with Crippen LogP contribution in [0.15, 0.2) is 34.2 Å². The Morgan fingerprint density at radius 2 is 1.83 bits per heavy atom. The fourth-order valence-corrected chi connectivity index (χ4v) is 4.82. The number of likely N-dealkylation sites (N-methyl/N-ethyl adjacent to an activating group) is 1. The number of fused-ring (bicyclic) bond motifs is 2. The van der Waals surface area contributed by atoms with Crippen LogP contribution in [-0.4, -0.2) is 49.7 Å². The summed E-state index contributed by atoms with van der Waals surface area (Å²) < 4.78 is 0. The summed E-state index contributed by atoms with van der Waals surface area (Å²) in [6.45, 7) is 5.71. The SMILES string of the molecule is CN1CC2=C(N3CCC4(CCNCC4)CC3)C=C(Cl)C=C(C2)N1. The van der Waals surface area contributed by atoms with Gasteiger partial charge in [-0.3, -0.25) is 0 Å². The van der Waals surface area contributed by atoms with Crippen molar-refractivity contribution in [2.75, 3.05) is 39.8 Å². The first kappa shape index (κ1) is 15.6. The van der Waals surface area contributed by atoms with E-state index >= 15 is 0 Å². The molecule has 0 atom stereocenters. The third-order valence-electron chi connectivity index (χ3n) is 5.94. The van der Waals surface area contributed by atoms with Gasteiger partial charge in [0.05, 0.1) is 0 Å². The van der Waals surface area contributed by atoms with E-state index in [9.17, 15) is 0 Å². The molecule has 23 heavy (non-hydrogen) atoms. The van der Waals surface area contributed by atoms with Crippen LogP contribution in [0.3, 0.4) is 0 Å². The van der Waals surface area contributed by atoms with Crippen molar-refractivity contribution in [3.05, 3.63) is 34.2 Å². The second kappa shape index (κ2) is 6.15. The number of likely N-dealkylation sites (tertiary alicyclic amines) is 1. The van der Waals surface area contributed by atoms with Gasteiger partial charge in [0.25, 0.3) is 0 Å². The van der Waals surface area contributed by atoms with E-state index < -0.39 is 0 Å². The van der Waals surface area contributed by atoms with E-state index in [0.29, 0.717) is 5.41 Å². The first-order valence-corrected chi connectivity index (χ1v) is 9.25. The summed E-state index contributed by atoms with van der Waals surface area (Å²) in [4.78, 5) is 2.58. The molecule has 0 saturated carbocycles. The molecule has 1 spiro atoms. The van der Waals surface area contributed by atoms with Crippen molar-refractivity contribution in [2.45, 2.75) is 32.1 Å². The molecule has 0 radical (unpaired) electrons. The Kier molecular flexibility index (Phi) is 4.16. The van der Waals surface area contributed by atoms with Crippen molar-refractivity contribution in [3.8, 4) is 0 Å². The summed E-state index contributed by atoms with van der Waals surface area (Å²) in [5.74, 6) is 0. The van der Waals surface area contributed by atoms with Gasteiger partial charge in [-0.25, -0.2) is 5.01 Å². The van der Waals surface area contributed by atoms with Crippen molar-refractivity contribution >= 4 is 11.6 Å². The number of rotatable bonds is 1.